The summed E-state index contributed by atoms with van der Waals surface area (Å²) in [6.45, 7) is 3.04. The number of benzene rings is 3. The van der Waals surface area contributed by atoms with Crippen LogP contribution in [0.3, 0.4) is 0 Å². The summed E-state index contributed by atoms with van der Waals surface area (Å²) in [6, 6.07) is 22.4. The van der Waals surface area contributed by atoms with Crippen LogP contribution < -0.4 is 0 Å². The third kappa shape index (κ3) is 6.27. The van der Waals surface area contributed by atoms with Crippen LogP contribution >= 0.6 is 0 Å². The van der Waals surface area contributed by atoms with Crippen LogP contribution in [-0.4, -0.2) is 13.7 Å². The number of aryl methyl sites for hydroxylation is 2. The lowest BCUT2D eigenvalue weighted by molar-refractivity contribution is 0.192. The Hall–Kier alpha value is -2.45. The van der Waals surface area contributed by atoms with E-state index in [0.29, 0.717) is 5.56 Å². The Morgan fingerprint density at radius 1 is 0.667 bits per heavy atom. The second-order valence-electron chi connectivity index (χ2n) is 8.00. The molecule has 0 N–H and O–H groups in total. The van der Waals surface area contributed by atoms with Crippen LogP contribution in [0.5, 0.6) is 0 Å². The van der Waals surface area contributed by atoms with E-state index in [2.05, 4.69) is 43.3 Å². The lowest BCUT2D eigenvalue weighted by Gasteiger charge is -2.09. The molecule has 0 spiro atoms. The topological polar surface area (TPSA) is 9.23 Å². The Morgan fingerprint density at radius 2 is 1.27 bits per heavy atom. The van der Waals surface area contributed by atoms with E-state index >= 15 is 0 Å². The zero-order chi connectivity index (χ0) is 21.2. The van der Waals surface area contributed by atoms with Gasteiger partial charge >= 0.3 is 0 Å². The molecular formula is C28H33FO. The van der Waals surface area contributed by atoms with Crippen LogP contribution in [0.2, 0.25) is 0 Å². The highest BCUT2D eigenvalue weighted by atomic mass is 19.1. The number of rotatable bonds is 11. The molecule has 0 aliphatic heterocycles. The van der Waals surface area contributed by atoms with Crippen LogP contribution in [0, 0.1) is 5.82 Å². The first-order chi connectivity index (χ1) is 14.7. The number of hydrogen-bond donors (Lipinski definition) is 0. The summed E-state index contributed by atoms with van der Waals surface area (Å²) in [6.07, 6.45) is 7.99. The highest BCUT2D eigenvalue weighted by Gasteiger charge is 2.08. The average Bonchev–Trinajstić information content (AvgIpc) is 2.78. The summed E-state index contributed by atoms with van der Waals surface area (Å²) >= 11 is 0. The van der Waals surface area contributed by atoms with Crippen molar-refractivity contribution < 1.29 is 9.13 Å². The predicted octanol–water partition coefficient (Wildman–Crippen LogP) is 7.86. The predicted molar refractivity (Wildman–Crippen MR) is 125 cm³/mol. The molecule has 158 valence electrons. The van der Waals surface area contributed by atoms with Crippen molar-refractivity contribution in [3.05, 3.63) is 83.7 Å². The maximum Gasteiger partial charge on any atom is 0.131 e. The molecule has 0 aliphatic carbocycles. The third-order valence-corrected chi connectivity index (χ3v) is 5.65. The first kappa shape index (κ1) is 22.2. The molecule has 3 aromatic rings. The van der Waals surface area contributed by atoms with Crippen molar-refractivity contribution in [3.8, 4) is 22.3 Å². The van der Waals surface area contributed by atoms with Gasteiger partial charge in [0.05, 0.1) is 0 Å². The van der Waals surface area contributed by atoms with Crippen molar-refractivity contribution in [1.82, 2.24) is 0 Å². The quantitative estimate of drug-likeness (QED) is 0.296. The molecule has 0 unspecified atom stereocenters. The smallest absolute Gasteiger partial charge is 0.131 e. The molecule has 0 atom stereocenters. The zero-order valence-electron chi connectivity index (χ0n) is 18.3. The van der Waals surface area contributed by atoms with E-state index in [-0.39, 0.29) is 5.82 Å². The highest BCUT2D eigenvalue weighted by Crippen LogP contribution is 2.29. The SMILES string of the molecule is CCCCc1ccc(-c2ccc(-c3ccc(CCCCCOC)cc3)c(F)c2)cc1. The molecule has 0 fully saturated rings. The summed E-state index contributed by atoms with van der Waals surface area (Å²) in [5.74, 6) is -0.171. The van der Waals surface area contributed by atoms with Crippen LogP contribution in [0.1, 0.15) is 50.2 Å². The molecule has 2 heteroatoms. The van der Waals surface area contributed by atoms with Crippen molar-refractivity contribution in [2.75, 3.05) is 13.7 Å². The Labute approximate surface area is 180 Å². The lowest BCUT2D eigenvalue weighted by atomic mass is 9.97. The Bertz CT molecular complexity index is 897. The molecule has 0 saturated carbocycles. The van der Waals surface area contributed by atoms with Gasteiger partial charge in [-0.25, -0.2) is 4.39 Å². The van der Waals surface area contributed by atoms with Gasteiger partial charge in [-0.2, -0.15) is 0 Å². The number of unbranched alkanes of at least 4 members (excludes halogenated alkanes) is 3. The minimum absolute atomic E-state index is 0.171. The summed E-state index contributed by atoms with van der Waals surface area (Å²) < 4.78 is 20.0. The molecule has 0 radical (unpaired) electrons. The van der Waals surface area contributed by atoms with Gasteiger partial charge in [0.2, 0.25) is 0 Å². The Balaban J connectivity index is 1.65. The lowest BCUT2D eigenvalue weighted by Crippen LogP contribution is -1.91. The van der Waals surface area contributed by atoms with Crippen molar-refractivity contribution in [3.63, 3.8) is 0 Å². The first-order valence-electron chi connectivity index (χ1n) is 11.2. The van der Waals surface area contributed by atoms with Crippen LogP contribution in [0.15, 0.2) is 66.7 Å². The monoisotopic (exact) mass is 404 g/mol. The van der Waals surface area contributed by atoms with Gasteiger partial charge in [-0.3, -0.25) is 0 Å². The average molecular weight is 405 g/mol. The van der Waals surface area contributed by atoms with Crippen molar-refractivity contribution in [1.29, 1.82) is 0 Å². The van der Waals surface area contributed by atoms with E-state index in [0.717, 1.165) is 49.0 Å². The molecule has 1 nitrogen and oxygen atoms in total. The largest absolute Gasteiger partial charge is 0.385 e. The van der Waals surface area contributed by atoms with Gasteiger partial charge in [0.1, 0.15) is 5.82 Å². The fraction of sp³-hybridized carbons (Fsp3) is 0.357. The molecule has 30 heavy (non-hydrogen) atoms. The van der Waals surface area contributed by atoms with Gasteiger partial charge in [-0.05, 0) is 66.0 Å². The number of ether oxygens (including phenoxy) is 1. The van der Waals surface area contributed by atoms with Gasteiger partial charge < -0.3 is 4.74 Å². The molecular weight excluding hydrogens is 371 g/mol. The minimum Gasteiger partial charge on any atom is -0.385 e. The Kier molecular flexibility index (Phi) is 8.65. The fourth-order valence-corrected chi connectivity index (χ4v) is 3.78. The molecule has 3 aromatic carbocycles. The van der Waals surface area contributed by atoms with Gasteiger partial charge in [-0.1, -0.05) is 80.4 Å². The standard InChI is InChI=1S/C28H33FO/c1-3-4-8-22-10-14-24(15-11-22)26-18-19-27(28(29)21-26)25-16-12-23(13-17-25)9-6-5-7-20-30-2/h10-19,21H,3-9,20H2,1-2H3. The maximum atomic E-state index is 14.9. The van der Waals surface area contributed by atoms with Crippen molar-refractivity contribution >= 4 is 0 Å². The summed E-state index contributed by atoms with van der Waals surface area (Å²) in [7, 11) is 1.74. The van der Waals surface area contributed by atoms with Crippen LogP contribution in [0.4, 0.5) is 4.39 Å². The summed E-state index contributed by atoms with van der Waals surface area (Å²) in [5, 5.41) is 0. The first-order valence-corrected chi connectivity index (χ1v) is 11.2. The molecule has 0 aliphatic rings. The van der Waals surface area contributed by atoms with E-state index in [9.17, 15) is 4.39 Å². The molecule has 0 heterocycles. The summed E-state index contributed by atoms with van der Waals surface area (Å²) in [4.78, 5) is 0. The normalized spacial score (nSPS) is 11.0. The van der Waals surface area contributed by atoms with Gasteiger partial charge in [0, 0.05) is 19.3 Å². The van der Waals surface area contributed by atoms with E-state index < -0.39 is 0 Å². The molecule has 0 aromatic heterocycles. The number of methoxy groups -OCH3 is 1. The van der Waals surface area contributed by atoms with Gasteiger partial charge in [0.25, 0.3) is 0 Å². The number of hydrogen-bond acceptors (Lipinski definition) is 1. The minimum atomic E-state index is -0.171. The Morgan fingerprint density at radius 3 is 1.87 bits per heavy atom. The van der Waals surface area contributed by atoms with Crippen LogP contribution in [0.25, 0.3) is 22.3 Å². The van der Waals surface area contributed by atoms with Gasteiger partial charge in [-0.15, -0.1) is 0 Å². The molecule has 0 bridgehead atoms. The third-order valence-electron chi connectivity index (χ3n) is 5.65. The van der Waals surface area contributed by atoms with E-state index in [1.165, 1.54) is 30.4 Å². The van der Waals surface area contributed by atoms with Crippen molar-refractivity contribution in [2.24, 2.45) is 0 Å². The van der Waals surface area contributed by atoms with E-state index in [4.69, 9.17) is 4.74 Å². The number of halogens is 1. The zero-order valence-corrected chi connectivity index (χ0v) is 18.3. The van der Waals surface area contributed by atoms with E-state index in [1.54, 1.807) is 13.2 Å². The van der Waals surface area contributed by atoms with Crippen LogP contribution in [-0.2, 0) is 17.6 Å². The van der Waals surface area contributed by atoms with Crippen molar-refractivity contribution in [2.45, 2.75) is 51.9 Å². The maximum absolute atomic E-state index is 14.9. The second kappa shape index (κ2) is 11.7. The molecule has 3 rings (SSSR count). The second-order valence-corrected chi connectivity index (χ2v) is 8.00. The van der Waals surface area contributed by atoms with Gasteiger partial charge in [0.15, 0.2) is 0 Å². The van der Waals surface area contributed by atoms with E-state index in [1.807, 2.05) is 24.3 Å². The molecule has 0 amide bonds. The molecule has 0 saturated heterocycles. The fourth-order valence-electron chi connectivity index (χ4n) is 3.78. The highest BCUT2D eigenvalue weighted by molar-refractivity contribution is 5.71. The summed E-state index contributed by atoms with van der Waals surface area (Å²) in [5.41, 5.74) is 6.21.